The number of hydrogen-bond acceptors (Lipinski definition) is 3. The lowest BCUT2D eigenvalue weighted by Crippen LogP contribution is -2.12. The fourth-order valence-electron chi connectivity index (χ4n) is 1.38. The Kier molecular flexibility index (Phi) is 5.17. The molecule has 1 aromatic rings. The quantitative estimate of drug-likeness (QED) is 0.903. The number of rotatable bonds is 4. The van der Waals surface area contributed by atoms with Crippen LogP contribution in [-0.4, -0.2) is 22.7 Å². The maximum absolute atomic E-state index is 10.2. The number of aliphatic hydroxyl groups excluding tert-OH is 1. The third kappa shape index (κ3) is 4.78. The SMILES string of the molecule is COc1ccc(Cl)cc1C(O)CSC(C)(C)C. The van der Waals surface area contributed by atoms with E-state index in [1.807, 2.05) is 0 Å². The van der Waals surface area contributed by atoms with Crippen LogP contribution in [0.3, 0.4) is 0 Å². The normalized spacial score (nSPS) is 13.5. The Morgan fingerprint density at radius 2 is 2.06 bits per heavy atom. The third-order valence-electron chi connectivity index (χ3n) is 2.22. The van der Waals surface area contributed by atoms with Crippen LogP contribution in [-0.2, 0) is 0 Å². The average molecular weight is 275 g/mol. The molecule has 0 heterocycles. The monoisotopic (exact) mass is 274 g/mol. The van der Waals surface area contributed by atoms with Crippen molar-refractivity contribution in [1.82, 2.24) is 0 Å². The first-order chi connectivity index (χ1) is 7.83. The molecule has 0 aliphatic rings. The molecular formula is C13H19ClO2S. The predicted octanol–water partition coefficient (Wildman–Crippen LogP) is 3.91. The van der Waals surface area contributed by atoms with Gasteiger partial charge in [-0.15, -0.1) is 0 Å². The van der Waals surface area contributed by atoms with Gasteiger partial charge >= 0.3 is 0 Å². The first kappa shape index (κ1) is 14.7. The van der Waals surface area contributed by atoms with E-state index in [0.717, 1.165) is 5.56 Å². The third-order valence-corrected chi connectivity index (χ3v) is 3.81. The molecule has 0 fully saturated rings. The second-order valence-electron chi connectivity index (χ2n) is 4.83. The zero-order valence-electron chi connectivity index (χ0n) is 10.7. The summed E-state index contributed by atoms with van der Waals surface area (Å²) in [6.07, 6.45) is -0.562. The fraction of sp³-hybridized carbons (Fsp3) is 0.538. The van der Waals surface area contributed by atoms with Crippen LogP contribution in [0.15, 0.2) is 18.2 Å². The lowest BCUT2D eigenvalue weighted by atomic mass is 10.1. The van der Waals surface area contributed by atoms with E-state index < -0.39 is 6.10 Å². The fourth-order valence-corrected chi connectivity index (χ4v) is 2.40. The summed E-state index contributed by atoms with van der Waals surface area (Å²) in [5, 5.41) is 10.8. The molecule has 1 N–H and O–H groups in total. The van der Waals surface area contributed by atoms with Crippen LogP contribution in [0.25, 0.3) is 0 Å². The number of halogens is 1. The van der Waals surface area contributed by atoms with E-state index in [1.165, 1.54) is 0 Å². The van der Waals surface area contributed by atoms with E-state index in [9.17, 15) is 5.11 Å². The standard InChI is InChI=1S/C13H19ClO2S/c1-13(2,3)17-8-11(15)10-7-9(14)5-6-12(10)16-4/h5-7,11,15H,8H2,1-4H3. The number of ether oxygens (including phenoxy) is 1. The highest BCUT2D eigenvalue weighted by Gasteiger charge is 2.18. The molecule has 0 saturated carbocycles. The lowest BCUT2D eigenvalue weighted by molar-refractivity contribution is 0.198. The second-order valence-corrected chi connectivity index (χ2v) is 7.11. The van der Waals surface area contributed by atoms with Crippen molar-refractivity contribution in [2.45, 2.75) is 31.6 Å². The Hall–Kier alpha value is -0.380. The van der Waals surface area contributed by atoms with Crippen LogP contribution >= 0.6 is 23.4 Å². The minimum absolute atomic E-state index is 0.132. The Balaban J connectivity index is 2.80. The molecule has 1 aromatic carbocycles. The van der Waals surface area contributed by atoms with Crippen LogP contribution < -0.4 is 4.74 Å². The van der Waals surface area contributed by atoms with E-state index in [1.54, 1.807) is 37.1 Å². The van der Waals surface area contributed by atoms with E-state index in [-0.39, 0.29) is 4.75 Å². The largest absolute Gasteiger partial charge is 0.496 e. The van der Waals surface area contributed by atoms with Gasteiger partial charge in [-0.3, -0.25) is 0 Å². The molecule has 0 aromatic heterocycles. The Morgan fingerprint density at radius 3 is 2.59 bits per heavy atom. The highest BCUT2D eigenvalue weighted by atomic mass is 35.5. The van der Waals surface area contributed by atoms with E-state index >= 15 is 0 Å². The number of thioether (sulfide) groups is 1. The molecule has 0 bridgehead atoms. The van der Waals surface area contributed by atoms with Gasteiger partial charge in [0.05, 0.1) is 13.2 Å². The van der Waals surface area contributed by atoms with Crippen molar-refractivity contribution < 1.29 is 9.84 Å². The molecule has 0 aliphatic heterocycles. The summed E-state index contributed by atoms with van der Waals surface area (Å²) in [7, 11) is 1.59. The number of benzene rings is 1. The molecular weight excluding hydrogens is 256 g/mol. The molecule has 17 heavy (non-hydrogen) atoms. The zero-order valence-corrected chi connectivity index (χ0v) is 12.2. The van der Waals surface area contributed by atoms with Crippen LogP contribution in [0.5, 0.6) is 5.75 Å². The van der Waals surface area contributed by atoms with E-state index in [2.05, 4.69) is 20.8 Å². The van der Waals surface area contributed by atoms with Gasteiger partial charge in [0.1, 0.15) is 5.75 Å². The highest BCUT2D eigenvalue weighted by molar-refractivity contribution is 8.00. The number of methoxy groups -OCH3 is 1. The molecule has 0 amide bonds. The predicted molar refractivity (Wildman–Crippen MR) is 75.2 cm³/mol. The van der Waals surface area contributed by atoms with Gasteiger partial charge in [-0.05, 0) is 18.2 Å². The maximum Gasteiger partial charge on any atom is 0.124 e. The van der Waals surface area contributed by atoms with Crippen molar-refractivity contribution in [3.05, 3.63) is 28.8 Å². The van der Waals surface area contributed by atoms with Crippen LogP contribution in [0.1, 0.15) is 32.4 Å². The molecule has 0 radical (unpaired) electrons. The number of aliphatic hydroxyl groups is 1. The number of hydrogen-bond donors (Lipinski definition) is 1. The van der Waals surface area contributed by atoms with Crippen LogP contribution in [0, 0.1) is 0 Å². The van der Waals surface area contributed by atoms with E-state index in [0.29, 0.717) is 16.5 Å². The summed E-state index contributed by atoms with van der Waals surface area (Å²) < 4.78 is 5.36. The van der Waals surface area contributed by atoms with Gasteiger partial charge in [0.15, 0.2) is 0 Å². The van der Waals surface area contributed by atoms with Crippen molar-refractivity contribution in [2.24, 2.45) is 0 Å². The van der Waals surface area contributed by atoms with Gasteiger partial charge in [0.25, 0.3) is 0 Å². The summed E-state index contributed by atoms with van der Waals surface area (Å²) in [6, 6.07) is 5.30. The summed E-state index contributed by atoms with van der Waals surface area (Å²) in [6.45, 7) is 6.37. The molecule has 2 nitrogen and oxygen atoms in total. The van der Waals surface area contributed by atoms with Gasteiger partial charge in [-0.1, -0.05) is 32.4 Å². The summed E-state index contributed by atoms with van der Waals surface area (Å²) in [4.78, 5) is 0. The summed E-state index contributed by atoms with van der Waals surface area (Å²) in [5.41, 5.74) is 0.747. The molecule has 96 valence electrons. The lowest BCUT2D eigenvalue weighted by Gasteiger charge is -2.21. The van der Waals surface area contributed by atoms with Crippen molar-refractivity contribution in [3.63, 3.8) is 0 Å². The van der Waals surface area contributed by atoms with Crippen molar-refractivity contribution in [2.75, 3.05) is 12.9 Å². The topological polar surface area (TPSA) is 29.5 Å². The molecule has 1 atom stereocenters. The minimum atomic E-state index is -0.562. The van der Waals surface area contributed by atoms with Crippen LogP contribution in [0.4, 0.5) is 0 Å². The molecule has 0 aliphatic carbocycles. The second kappa shape index (κ2) is 5.98. The first-order valence-corrected chi connectivity index (χ1v) is 6.85. The maximum atomic E-state index is 10.2. The van der Waals surface area contributed by atoms with Gasteiger partial charge in [-0.25, -0.2) is 0 Å². The molecule has 0 saturated heterocycles. The first-order valence-electron chi connectivity index (χ1n) is 5.49. The average Bonchev–Trinajstić information content (AvgIpc) is 2.25. The molecule has 4 heteroatoms. The van der Waals surface area contributed by atoms with Crippen LogP contribution in [0.2, 0.25) is 5.02 Å². The Labute approximate surface area is 112 Å². The molecule has 1 unspecified atom stereocenters. The zero-order chi connectivity index (χ0) is 13.1. The Morgan fingerprint density at radius 1 is 1.41 bits per heavy atom. The smallest absolute Gasteiger partial charge is 0.124 e. The van der Waals surface area contributed by atoms with Crippen molar-refractivity contribution >= 4 is 23.4 Å². The minimum Gasteiger partial charge on any atom is -0.496 e. The summed E-state index contributed by atoms with van der Waals surface area (Å²) >= 11 is 7.65. The molecule has 0 spiro atoms. The molecule has 1 rings (SSSR count). The van der Waals surface area contributed by atoms with Crippen molar-refractivity contribution in [1.29, 1.82) is 0 Å². The van der Waals surface area contributed by atoms with Gasteiger partial charge in [-0.2, -0.15) is 11.8 Å². The summed E-state index contributed by atoms with van der Waals surface area (Å²) in [5.74, 6) is 1.30. The van der Waals surface area contributed by atoms with Gasteiger partial charge in [0, 0.05) is 21.1 Å². The Bertz CT molecular complexity index is 374. The van der Waals surface area contributed by atoms with Gasteiger partial charge < -0.3 is 9.84 Å². The van der Waals surface area contributed by atoms with Crippen molar-refractivity contribution in [3.8, 4) is 5.75 Å². The van der Waals surface area contributed by atoms with E-state index in [4.69, 9.17) is 16.3 Å². The highest BCUT2D eigenvalue weighted by Crippen LogP contribution is 2.33. The van der Waals surface area contributed by atoms with Gasteiger partial charge in [0.2, 0.25) is 0 Å².